The summed E-state index contributed by atoms with van der Waals surface area (Å²) in [4.78, 5) is 33.2. The number of aliphatic imine (C=N–C) groups is 1. The molecule has 9 nitrogen and oxygen atoms in total. The smallest absolute Gasteiger partial charge is 0.338 e. The number of methoxy groups -OCH3 is 3. The Balaban J connectivity index is 1.69. The Morgan fingerprint density at radius 2 is 1.85 bits per heavy atom. The number of thioether (sulfide) groups is 1. The van der Waals surface area contributed by atoms with Crippen LogP contribution in [0.2, 0.25) is 0 Å². The third-order valence-electron chi connectivity index (χ3n) is 6.49. The quantitative estimate of drug-likeness (QED) is 0.316. The molecule has 1 N–H and O–H groups in total. The first-order valence-electron chi connectivity index (χ1n) is 12.5. The van der Waals surface area contributed by atoms with E-state index < -0.39 is 12.0 Å². The van der Waals surface area contributed by atoms with Crippen LogP contribution in [-0.4, -0.2) is 56.5 Å². The predicted molar refractivity (Wildman–Crippen MR) is 150 cm³/mol. The fourth-order valence-electron chi connectivity index (χ4n) is 4.56. The Bertz CT molecular complexity index is 1310. The van der Waals surface area contributed by atoms with Gasteiger partial charge in [-0.25, -0.2) is 9.79 Å². The van der Waals surface area contributed by atoms with Crippen LogP contribution in [0.3, 0.4) is 0 Å². The molecule has 10 heteroatoms. The van der Waals surface area contributed by atoms with E-state index in [1.807, 2.05) is 53.6 Å². The highest BCUT2D eigenvalue weighted by molar-refractivity contribution is 8.16. The number of nitrogens with zero attached hydrogens (tertiary/aromatic N) is 2. The highest BCUT2D eigenvalue weighted by atomic mass is 32.2. The van der Waals surface area contributed by atoms with Gasteiger partial charge < -0.3 is 29.2 Å². The van der Waals surface area contributed by atoms with Gasteiger partial charge in [-0.3, -0.25) is 4.79 Å². The van der Waals surface area contributed by atoms with Crippen molar-refractivity contribution < 1.29 is 28.5 Å². The summed E-state index contributed by atoms with van der Waals surface area (Å²) in [7, 11) is 4.70. The van der Waals surface area contributed by atoms with Gasteiger partial charge in [-0.15, -0.1) is 0 Å². The number of allylic oxidation sites excluding steroid dienone is 1. The van der Waals surface area contributed by atoms with E-state index in [4.69, 9.17) is 23.9 Å². The average molecular weight is 552 g/mol. The molecule has 0 fully saturated rings. The number of esters is 1. The fourth-order valence-corrected chi connectivity index (χ4v) is 5.52. The van der Waals surface area contributed by atoms with Crippen molar-refractivity contribution in [1.82, 2.24) is 10.2 Å². The van der Waals surface area contributed by atoms with Crippen molar-refractivity contribution in [3.8, 4) is 11.5 Å². The maximum Gasteiger partial charge on any atom is 0.338 e. The number of carbonyl (C=O) groups excluding carboxylic acids is 2. The van der Waals surface area contributed by atoms with E-state index in [0.717, 1.165) is 5.56 Å². The van der Waals surface area contributed by atoms with Crippen LogP contribution >= 0.6 is 11.8 Å². The van der Waals surface area contributed by atoms with Gasteiger partial charge in [0, 0.05) is 18.4 Å². The van der Waals surface area contributed by atoms with Crippen molar-refractivity contribution in [3.63, 3.8) is 0 Å². The second-order valence-corrected chi connectivity index (χ2v) is 9.84. The van der Waals surface area contributed by atoms with Crippen LogP contribution in [0, 0.1) is 0 Å². The zero-order valence-corrected chi connectivity index (χ0v) is 23.5. The number of benzene rings is 2. The van der Waals surface area contributed by atoms with Crippen molar-refractivity contribution in [2.75, 3.05) is 34.5 Å². The lowest BCUT2D eigenvalue weighted by Gasteiger charge is -2.37. The highest BCUT2D eigenvalue weighted by Crippen LogP contribution is 2.47. The van der Waals surface area contributed by atoms with Gasteiger partial charge >= 0.3 is 5.97 Å². The van der Waals surface area contributed by atoms with Crippen LogP contribution in [-0.2, 0) is 19.1 Å². The molecule has 0 saturated carbocycles. The molecule has 0 aromatic heterocycles. The lowest BCUT2D eigenvalue weighted by Crippen LogP contribution is -2.38. The van der Waals surface area contributed by atoms with Crippen molar-refractivity contribution >= 4 is 28.8 Å². The van der Waals surface area contributed by atoms with Gasteiger partial charge in [0.1, 0.15) is 18.1 Å². The molecule has 0 radical (unpaired) electrons. The average Bonchev–Trinajstić information content (AvgIpc) is 3.33. The molecule has 0 bridgehead atoms. The minimum atomic E-state index is -0.654. The maximum atomic E-state index is 13.4. The molecule has 2 atom stereocenters. The van der Waals surface area contributed by atoms with Gasteiger partial charge in [-0.05, 0) is 43.0 Å². The topological polar surface area (TPSA) is 98.7 Å². The van der Waals surface area contributed by atoms with E-state index in [0.29, 0.717) is 39.2 Å². The molecular formula is C29H33N3O6S. The van der Waals surface area contributed by atoms with Crippen LogP contribution in [0.25, 0.3) is 0 Å². The summed E-state index contributed by atoms with van der Waals surface area (Å²) in [5, 5.41) is 5.64. The van der Waals surface area contributed by atoms with E-state index in [2.05, 4.69) is 5.32 Å². The van der Waals surface area contributed by atoms with Crippen LogP contribution in [0.4, 0.5) is 0 Å². The molecule has 2 heterocycles. The summed E-state index contributed by atoms with van der Waals surface area (Å²) < 4.78 is 21.8. The van der Waals surface area contributed by atoms with Gasteiger partial charge in [0.2, 0.25) is 5.91 Å². The molecule has 0 spiro atoms. The number of ether oxygens (including phenoxy) is 4. The first-order chi connectivity index (χ1) is 18.9. The van der Waals surface area contributed by atoms with Gasteiger partial charge in [0.05, 0.1) is 50.6 Å². The minimum absolute atomic E-state index is 0.0943. The molecule has 2 unspecified atom stereocenters. The number of amidine groups is 1. The standard InChI is InChI=1S/C29H33N3O6S/c1-18(20-9-7-6-8-10-20)30-25(33)15-21-17-39-29-31-19(2)26(28(34)38-14-13-35-3)27(32(21)29)23-16-22(36-4)11-12-24(23)37-5/h6-12,16-18,27H,13-15H2,1-5H3,(H,30,33). The maximum absolute atomic E-state index is 13.4. The number of nitrogens with one attached hydrogen (secondary N) is 1. The Morgan fingerprint density at radius 1 is 1.08 bits per heavy atom. The summed E-state index contributed by atoms with van der Waals surface area (Å²) >= 11 is 1.41. The summed E-state index contributed by atoms with van der Waals surface area (Å²) in [6, 6.07) is 14.4. The van der Waals surface area contributed by atoms with Gasteiger partial charge in [-0.2, -0.15) is 0 Å². The van der Waals surface area contributed by atoms with Crippen LogP contribution in [0.1, 0.15) is 43.5 Å². The largest absolute Gasteiger partial charge is 0.497 e. The normalized spacial score (nSPS) is 17.2. The van der Waals surface area contributed by atoms with Crippen LogP contribution < -0.4 is 14.8 Å². The monoisotopic (exact) mass is 551 g/mol. The highest BCUT2D eigenvalue weighted by Gasteiger charge is 2.42. The second kappa shape index (κ2) is 12.9. The van der Waals surface area contributed by atoms with Crippen molar-refractivity contribution in [2.24, 2.45) is 4.99 Å². The summed E-state index contributed by atoms with van der Waals surface area (Å²) in [6.07, 6.45) is 0.0943. The number of hydrogen-bond donors (Lipinski definition) is 1. The third kappa shape index (κ3) is 6.29. The van der Waals surface area contributed by atoms with E-state index in [1.54, 1.807) is 40.4 Å². The summed E-state index contributed by atoms with van der Waals surface area (Å²) in [5.74, 6) is 0.508. The fraction of sp³-hybridized carbons (Fsp3) is 0.345. The zero-order chi connectivity index (χ0) is 27.9. The van der Waals surface area contributed by atoms with E-state index in [-0.39, 0.29) is 31.6 Å². The van der Waals surface area contributed by atoms with Crippen LogP contribution in [0.5, 0.6) is 11.5 Å². The molecule has 1 amide bonds. The molecule has 2 aliphatic heterocycles. The SMILES string of the molecule is COCCOC(=O)C1=C(C)N=C2SC=C(CC(=O)NC(C)c3ccccc3)N2C1c1cc(OC)ccc1OC. The molecule has 0 saturated heterocycles. The van der Waals surface area contributed by atoms with Crippen molar-refractivity contribution in [2.45, 2.75) is 32.4 Å². The molecular weight excluding hydrogens is 518 g/mol. The van der Waals surface area contributed by atoms with E-state index in [1.165, 1.54) is 11.8 Å². The first kappa shape index (κ1) is 28.3. The van der Waals surface area contributed by atoms with E-state index >= 15 is 0 Å². The van der Waals surface area contributed by atoms with Crippen molar-refractivity contribution in [3.05, 3.63) is 82.0 Å². The lowest BCUT2D eigenvalue weighted by atomic mass is 9.92. The first-order valence-corrected chi connectivity index (χ1v) is 13.4. The number of rotatable bonds is 11. The Morgan fingerprint density at radius 3 is 2.54 bits per heavy atom. The Hall–Kier alpha value is -3.76. The number of fused-ring (bicyclic) bond motifs is 1. The van der Waals surface area contributed by atoms with Gasteiger partial charge in [-0.1, -0.05) is 42.1 Å². The van der Waals surface area contributed by atoms with E-state index in [9.17, 15) is 9.59 Å². The minimum Gasteiger partial charge on any atom is -0.497 e. The number of amides is 1. The molecule has 4 rings (SSSR count). The molecule has 2 aliphatic rings. The number of hydrogen-bond acceptors (Lipinski definition) is 9. The molecule has 0 aliphatic carbocycles. The molecule has 2 aromatic carbocycles. The van der Waals surface area contributed by atoms with Crippen LogP contribution in [0.15, 0.2) is 75.9 Å². The molecule has 2 aromatic rings. The molecule has 39 heavy (non-hydrogen) atoms. The molecule has 206 valence electrons. The Kier molecular flexibility index (Phi) is 9.32. The third-order valence-corrected chi connectivity index (χ3v) is 7.38. The Labute approximate surface area is 232 Å². The van der Waals surface area contributed by atoms with Gasteiger partial charge in [0.25, 0.3) is 0 Å². The zero-order valence-electron chi connectivity index (χ0n) is 22.7. The summed E-state index contributed by atoms with van der Waals surface area (Å²) in [5.41, 5.74) is 3.30. The second-order valence-electron chi connectivity index (χ2n) is 9.01. The van der Waals surface area contributed by atoms with Gasteiger partial charge in [0.15, 0.2) is 5.17 Å². The van der Waals surface area contributed by atoms with Crippen molar-refractivity contribution in [1.29, 1.82) is 0 Å². The lowest BCUT2D eigenvalue weighted by molar-refractivity contribution is -0.141. The summed E-state index contributed by atoms with van der Waals surface area (Å²) in [6.45, 7) is 4.10. The predicted octanol–water partition coefficient (Wildman–Crippen LogP) is 4.74. The number of carbonyl (C=O) groups is 2.